The number of benzene rings is 1. The van der Waals surface area contributed by atoms with E-state index in [-0.39, 0.29) is 11.5 Å². The van der Waals surface area contributed by atoms with Crippen molar-refractivity contribution in [3.05, 3.63) is 29.8 Å². The number of ether oxygens (including phenoxy) is 1. The minimum Gasteiger partial charge on any atom is -0.507 e. The second kappa shape index (κ2) is 4.05. The molecule has 2 N–H and O–H groups in total. The van der Waals surface area contributed by atoms with Gasteiger partial charge in [0.1, 0.15) is 5.75 Å². The smallest absolute Gasteiger partial charge is 0.164 e. The molecular weight excluding hydrogens is 180 g/mol. The average Bonchev–Trinajstić information content (AvgIpc) is 2.19. The quantitative estimate of drug-likeness (QED) is 0.725. The van der Waals surface area contributed by atoms with E-state index in [4.69, 9.17) is 4.74 Å². The topological polar surface area (TPSA) is 49.7 Å². The van der Waals surface area contributed by atoms with Gasteiger partial charge in [0.15, 0.2) is 11.5 Å². The third kappa shape index (κ3) is 1.66. The maximum Gasteiger partial charge on any atom is 0.164 e. The second-order valence-electron chi connectivity index (χ2n) is 3.05. The van der Waals surface area contributed by atoms with Crippen LogP contribution in [0.4, 0.5) is 0 Å². The zero-order chi connectivity index (χ0) is 10.7. The fraction of sp³-hybridized carbons (Fsp3) is 0.273. The van der Waals surface area contributed by atoms with Crippen molar-refractivity contribution in [2.24, 2.45) is 0 Å². The minimum atomic E-state index is -0.0159. The van der Waals surface area contributed by atoms with Crippen molar-refractivity contribution in [3.63, 3.8) is 0 Å². The Bertz CT molecular complexity index is 356. The molecule has 3 nitrogen and oxygen atoms in total. The van der Waals surface area contributed by atoms with Gasteiger partial charge in [0.25, 0.3) is 0 Å². The Labute approximate surface area is 83.3 Å². The van der Waals surface area contributed by atoms with Crippen molar-refractivity contribution in [1.82, 2.24) is 0 Å². The number of allylic oxidation sites excluding steroid dienone is 1. The molecule has 0 amide bonds. The molecule has 1 aromatic carbocycles. The van der Waals surface area contributed by atoms with Crippen LogP contribution >= 0.6 is 0 Å². The van der Waals surface area contributed by atoms with Crippen LogP contribution in [0.2, 0.25) is 0 Å². The molecule has 76 valence electrons. The Hall–Kier alpha value is -1.64. The average molecular weight is 194 g/mol. The van der Waals surface area contributed by atoms with Crippen LogP contribution in [-0.4, -0.2) is 17.3 Å². The van der Waals surface area contributed by atoms with E-state index in [9.17, 15) is 10.2 Å². The molecule has 0 fully saturated rings. The van der Waals surface area contributed by atoms with Gasteiger partial charge in [-0.05, 0) is 19.4 Å². The lowest BCUT2D eigenvalue weighted by Gasteiger charge is -2.11. The zero-order valence-electron chi connectivity index (χ0n) is 8.37. The second-order valence-corrected chi connectivity index (χ2v) is 3.05. The number of phenols is 2. The zero-order valence-corrected chi connectivity index (χ0v) is 8.37. The Morgan fingerprint density at radius 1 is 1.43 bits per heavy atom. The molecule has 0 aliphatic rings. The van der Waals surface area contributed by atoms with Gasteiger partial charge in [-0.1, -0.05) is 6.08 Å². The summed E-state index contributed by atoms with van der Waals surface area (Å²) in [6.45, 7) is 5.23. The molecule has 0 saturated carbocycles. The summed E-state index contributed by atoms with van der Waals surface area (Å²) in [5.41, 5.74) is 1.13. The maximum atomic E-state index is 9.67. The highest BCUT2D eigenvalue weighted by molar-refractivity contribution is 5.56. The summed E-state index contributed by atoms with van der Waals surface area (Å²) in [6, 6.07) is 1.61. The van der Waals surface area contributed by atoms with E-state index in [0.29, 0.717) is 23.3 Å². The van der Waals surface area contributed by atoms with Crippen LogP contribution < -0.4 is 4.74 Å². The fourth-order valence-corrected chi connectivity index (χ4v) is 1.30. The molecule has 0 radical (unpaired) electrons. The van der Waals surface area contributed by atoms with E-state index in [0.717, 1.165) is 0 Å². The largest absolute Gasteiger partial charge is 0.507 e. The summed E-state index contributed by atoms with van der Waals surface area (Å²) in [6.07, 6.45) is 2.23. The van der Waals surface area contributed by atoms with Crippen molar-refractivity contribution in [3.8, 4) is 17.2 Å². The van der Waals surface area contributed by atoms with E-state index in [2.05, 4.69) is 6.58 Å². The first kappa shape index (κ1) is 10.4. The van der Waals surface area contributed by atoms with Crippen LogP contribution in [0, 0.1) is 6.92 Å². The molecule has 0 spiro atoms. The van der Waals surface area contributed by atoms with E-state index >= 15 is 0 Å². The van der Waals surface area contributed by atoms with Gasteiger partial charge < -0.3 is 14.9 Å². The van der Waals surface area contributed by atoms with Crippen molar-refractivity contribution in [1.29, 1.82) is 0 Å². The number of aromatic hydroxyl groups is 2. The van der Waals surface area contributed by atoms with Gasteiger partial charge in [0.2, 0.25) is 0 Å². The molecule has 0 bridgehead atoms. The van der Waals surface area contributed by atoms with Crippen molar-refractivity contribution in [2.75, 3.05) is 7.11 Å². The number of phenolic OH excluding ortho intramolecular Hbond substituents is 2. The summed E-state index contributed by atoms with van der Waals surface area (Å²) >= 11 is 0. The highest BCUT2D eigenvalue weighted by Crippen LogP contribution is 2.38. The van der Waals surface area contributed by atoms with E-state index in [1.807, 2.05) is 0 Å². The maximum absolute atomic E-state index is 9.67. The first-order valence-electron chi connectivity index (χ1n) is 4.31. The molecule has 14 heavy (non-hydrogen) atoms. The highest BCUT2D eigenvalue weighted by atomic mass is 16.5. The van der Waals surface area contributed by atoms with E-state index in [1.165, 1.54) is 7.11 Å². The normalized spacial score (nSPS) is 9.86. The lowest BCUT2D eigenvalue weighted by Crippen LogP contribution is -1.91. The van der Waals surface area contributed by atoms with Gasteiger partial charge in [0, 0.05) is 11.1 Å². The monoisotopic (exact) mass is 194 g/mol. The molecule has 3 heteroatoms. The van der Waals surface area contributed by atoms with Crippen molar-refractivity contribution in [2.45, 2.75) is 13.3 Å². The van der Waals surface area contributed by atoms with E-state index in [1.54, 1.807) is 19.1 Å². The van der Waals surface area contributed by atoms with Gasteiger partial charge in [-0.15, -0.1) is 6.58 Å². The summed E-state index contributed by atoms with van der Waals surface area (Å²) in [7, 11) is 1.48. The van der Waals surface area contributed by atoms with Gasteiger partial charge in [-0.3, -0.25) is 0 Å². The molecular formula is C11H14O3. The highest BCUT2D eigenvalue weighted by Gasteiger charge is 2.13. The van der Waals surface area contributed by atoms with Crippen LogP contribution in [0.25, 0.3) is 0 Å². The minimum absolute atomic E-state index is 0.0159. The summed E-state index contributed by atoms with van der Waals surface area (Å²) < 4.78 is 4.97. The van der Waals surface area contributed by atoms with Gasteiger partial charge in [-0.25, -0.2) is 0 Å². The Kier molecular flexibility index (Phi) is 3.02. The lowest BCUT2D eigenvalue weighted by molar-refractivity contribution is 0.365. The Balaban J connectivity index is 3.32. The Morgan fingerprint density at radius 2 is 2.07 bits per heavy atom. The fourth-order valence-electron chi connectivity index (χ4n) is 1.30. The molecule has 0 aliphatic carbocycles. The van der Waals surface area contributed by atoms with E-state index < -0.39 is 0 Å². The van der Waals surface area contributed by atoms with Crippen LogP contribution in [0.1, 0.15) is 11.1 Å². The van der Waals surface area contributed by atoms with Crippen LogP contribution in [-0.2, 0) is 6.42 Å². The lowest BCUT2D eigenvalue weighted by atomic mass is 10.1. The third-order valence-corrected chi connectivity index (χ3v) is 2.14. The first-order valence-corrected chi connectivity index (χ1v) is 4.31. The molecule has 0 saturated heterocycles. The van der Waals surface area contributed by atoms with Crippen LogP contribution in [0.3, 0.4) is 0 Å². The summed E-state index contributed by atoms with van der Waals surface area (Å²) in [5.74, 6) is 0.457. The molecule has 0 unspecified atom stereocenters. The molecule has 0 aliphatic heterocycles. The van der Waals surface area contributed by atoms with Crippen molar-refractivity contribution >= 4 is 0 Å². The number of hydrogen-bond acceptors (Lipinski definition) is 3. The molecule has 0 heterocycles. The first-order chi connectivity index (χ1) is 6.61. The van der Waals surface area contributed by atoms with Crippen LogP contribution in [0.5, 0.6) is 17.2 Å². The molecule has 0 aromatic heterocycles. The van der Waals surface area contributed by atoms with Gasteiger partial charge >= 0.3 is 0 Å². The standard InChI is InChI=1S/C11H14O3/c1-4-5-8-6-9(14-3)11(13)7(2)10(8)12/h4,6,12-13H,1,5H2,2-3H3. The molecule has 1 rings (SSSR count). The van der Waals surface area contributed by atoms with Crippen LogP contribution in [0.15, 0.2) is 18.7 Å². The third-order valence-electron chi connectivity index (χ3n) is 2.14. The Morgan fingerprint density at radius 3 is 2.57 bits per heavy atom. The molecule has 0 atom stereocenters. The number of methoxy groups -OCH3 is 1. The van der Waals surface area contributed by atoms with Gasteiger partial charge in [0.05, 0.1) is 7.11 Å². The predicted molar refractivity (Wildman–Crippen MR) is 55.0 cm³/mol. The SMILES string of the molecule is C=CCc1cc(OC)c(O)c(C)c1O. The number of hydrogen-bond donors (Lipinski definition) is 2. The molecule has 1 aromatic rings. The van der Waals surface area contributed by atoms with Crippen molar-refractivity contribution < 1.29 is 14.9 Å². The van der Waals surface area contributed by atoms with Gasteiger partial charge in [-0.2, -0.15) is 0 Å². The predicted octanol–water partition coefficient (Wildman–Crippen LogP) is 2.14. The summed E-state index contributed by atoms with van der Waals surface area (Å²) in [5, 5.41) is 19.2. The number of rotatable bonds is 3. The summed E-state index contributed by atoms with van der Waals surface area (Å²) in [4.78, 5) is 0.